The molecule has 6 nitrogen and oxygen atoms in total. The van der Waals surface area contributed by atoms with Crippen LogP contribution in [-0.4, -0.2) is 38.8 Å². The van der Waals surface area contributed by atoms with Gasteiger partial charge in [0.1, 0.15) is 6.33 Å². The minimum atomic E-state index is -0.0621. The molecule has 6 heteroatoms. The molecule has 1 aliphatic heterocycles. The van der Waals surface area contributed by atoms with Gasteiger partial charge in [0.2, 0.25) is 0 Å². The Labute approximate surface area is 152 Å². The van der Waals surface area contributed by atoms with E-state index in [0.29, 0.717) is 13.1 Å². The molecule has 0 saturated carbocycles. The number of likely N-dealkylation sites (tertiary alicyclic amines) is 1. The largest absolute Gasteiger partial charge is 0.322 e. The smallest absolute Gasteiger partial charge is 0.320 e. The van der Waals surface area contributed by atoms with Crippen molar-refractivity contribution in [1.29, 1.82) is 0 Å². The molecule has 0 aliphatic carbocycles. The fraction of sp³-hybridized carbons (Fsp3) is 0.250. The first-order valence-corrected chi connectivity index (χ1v) is 8.70. The summed E-state index contributed by atoms with van der Waals surface area (Å²) in [6, 6.07) is 16.1. The minimum absolute atomic E-state index is 0.0621. The van der Waals surface area contributed by atoms with E-state index in [9.17, 15) is 4.79 Å². The molecular weight excluding hydrogens is 326 g/mol. The van der Waals surface area contributed by atoms with Crippen molar-refractivity contribution in [2.45, 2.75) is 19.9 Å². The highest BCUT2D eigenvalue weighted by molar-refractivity contribution is 5.91. The Morgan fingerprint density at radius 3 is 2.42 bits per heavy atom. The van der Waals surface area contributed by atoms with Crippen LogP contribution < -0.4 is 5.32 Å². The molecule has 132 valence electrons. The van der Waals surface area contributed by atoms with E-state index in [-0.39, 0.29) is 12.1 Å². The average Bonchev–Trinajstić information content (AvgIpc) is 3.07. The molecule has 2 amide bonds. The standard InChI is InChI=1S/C20H21N5O/c1-14-7-6-8-15(2)18(14)22-20(26)24-11-17(12-24)25-13-21-23-19(25)16-9-4-3-5-10-16/h3-10,13,17H,11-12H2,1-2H3,(H,22,26). The van der Waals surface area contributed by atoms with Gasteiger partial charge in [-0.05, 0) is 25.0 Å². The lowest BCUT2D eigenvalue weighted by molar-refractivity contribution is 0.136. The van der Waals surface area contributed by atoms with Crippen LogP contribution in [0.25, 0.3) is 11.4 Å². The van der Waals surface area contributed by atoms with Crippen LogP contribution in [0.4, 0.5) is 10.5 Å². The second-order valence-corrected chi connectivity index (χ2v) is 6.68. The van der Waals surface area contributed by atoms with Crippen molar-refractivity contribution in [3.63, 3.8) is 0 Å². The van der Waals surface area contributed by atoms with Crippen molar-refractivity contribution in [1.82, 2.24) is 19.7 Å². The summed E-state index contributed by atoms with van der Waals surface area (Å²) in [5.41, 5.74) is 4.07. The maximum absolute atomic E-state index is 12.5. The van der Waals surface area contributed by atoms with Crippen LogP contribution in [0.3, 0.4) is 0 Å². The molecule has 1 aromatic heterocycles. The van der Waals surface area contributed by atoms with E-state index in [1.807, 2.05) is 67.3 Å². The van der Waals surface area contributed by atoms with Crippen molar-refractivity contribution in [2.75, 3.05) is 18.4 Å². The summed E-state index contributed by atoms with van der Waals surface area (Å²) < 4.78 is 2.05. The molecule has 0 bridgehead atoms. The summed E-state index contributed by atoms with van der Waals surface area (Å²) in [5.74, 6) is 0.838. The van der Waals surface area contributed by atoms with Crippen molar-refractivity contribution in [2.24, 2.45) is 0 Å². The SMILES string of the molecule is Cc1cccc(C)c1NC(=O)N1CC(n2cnnc2-c2ccccc2)C1. The highest BCUT2D eigenvalue weighted by Gasteiger charge is 2.33. The third-order valence-electron chi connectivity index (χ3n) is 4.86. The second kappa shape index (κ2) is 6.63. The summed E-state index contributed by atoms with van der Waals surface area (Å²) in [6.45, 7) is 5.30. The predicted octanol–water partition coefficient (Wildman–Crippen LogP) is 3.65. The van der Waals surface area contributed by atoms with Gasteiger partial charge in [0.25, 0.3) is 0 Å². The number of nitrogens with one attached hydrogen (secondary N) is 1. The summed E-state index contributed by atoms with van der Waals surface area (Å²) >= 11 is 0. The molecule has 1 aliphatic rings. The zero-order valence-electron chi connectivity index (χ0n) is 14.9. The molecular formula is C20H21N5O. The van der Waals surface area contributed by atoms with E-state index in [2.05, 4.69) is 20.1 Å². The fourth-order valence-electron chi connectivity index (χ4n) is 3.30. The number of para-hydroxylation sites is 1. The normalized spacial score (nSPS) is 14.2. The molecule has 0 unspecified atom stereocenters. The zero-order valence-corrected chi connectivity index (χ0v) is 14.9. The quantitative estimate of drug-likeness (QED) is 0.786. The topological polar surface area (TPSA) is 63.1 Å². The predicted molar refractivity (Wildman–Crippen MR) is 101 cm³/mol. The van der Waals surface area contributed by atoms with Gasteiger partial charge in [0.05, 0.1) is 6.04 Å². The summed E-state index contributed by atoms with van der Waals surface area (Å²) in [6.07, 6.45) is 1.74. The lowest BCUT2D eigenvalue weighted by Crippen LogP contribution is -2.52. The number of amides is 2. The van der Waals surface area contributed by atoms with Gasteiger partial charge in [-0.25, -0.2) is 4.79 Å². The molecule has 2 aromatic carbocycles. The van der Waals surface area contributed by atoms with Crippen LogP contribution in [0, 0.1) is 13.8 Å². The average molecular weight is 347 g/mol. The van der Waals surface area contributed by atoms with Crippen LogP contribution >= 0.6 is 0 Å². The van der Waals surface area contributed by atoms with E-state index < -0.39 is 0 Å². The lowest BCUT2D eigenvalue weighted by atomic mass is 10.1. The number of hydrogen-bond acceptors (Lipinski definition) is 3. The number of carbonyl (C=O) groups is 1. The van der Waals surface area contributed by atoms with E-state index in [0.717, 1.165) is 28.2 Å². The molecule has 3 aromatic rings. The number of benzene rings is 2. The summed E-state index contributed by atoms with van der Waals surface area (Å²) in [4.78, 5) is 14.4. The van der Waals surface area contributed by atoms with Gasteiger partial charge in [-0.2, -0.15) is 0 Å². The number of hydrogen-bond donors (Lipinski definition) is 1. The third kappa shape index (κ3) is 2.94. The Kier molecular flexibility index (Phi) is 4.16. The summed E-state index contributed by atoms with van der Waals surface area (Å²) in [5, 5.41) is 11.3. The van der Waals surface area contributed by atoms with E-state index in [1.165, 1.54) is 0 Å². The minimum Gasteiger partial charge on any atom is -0.320 e. The van der Waals surface area contributed by atoms with Crippen LogP contribution in [0.1, 0.15) is 17.2 Å². The molecule has 4 rings (SSSR count). The number of anilines is 1. The van der Waals surface area contributed by atoms with Gasteiger partial charge in [-0.1, -0.05) is 48.5 Å². The second-order valence-electron chi connectivity index (χ2n) is 6.68. The van der Waals surface area contributed by atoms with Crippen LogP contribution in [0.5, 0.6) is 0 Å². The van der Waals surface area contributed by atoms with Crippen LogP contribution in [-0.2, 0) is 0 Å². The van der Waals surface area contributed by atoms with Crippen molar-refractivity contribution < 1.29 is 4.79 Å². The number of carbonyl (C=O) groups excluding carboxylic acids is 1. The van der Waals surface area contributed by atoms with Crippen molar-refractivity contribution in [3.05, 3.63) is 66.0 Å². The van der Waals surface area contributed by atoms with Crippen molar-refractivity contribution >= 4 is 11.7 Å². The molecule has 0 spiro atoms. The van der Waals surface area contributed by atoms with Gasteiger partial charge < -0.3 is 14.8 Å². The van der Waals surface area contributed by atoms with Gasteiger partial charge in [-0.3, -0.25) is 0 Å². The molecule has 2 heterocycles. The van der Waals surface area contributed by atoms with Crippen molar-refractivity contribution in [3.8, 4) is 11.4 Å². The van der Waals surface area contributed by atoms with Crippen LogP contribution in [0.2, 0.25) is 0 Å². The number of aromatic nitrogens is 3. The third-order valence-corrected chi connectivity index (χ3v) is 4.86. The Morgan fingerprint density at radius 2 is 1.73 bits per heavy atom. The first-order chi connectivity index (χ1) is 12.6. The van der Waals surface area contributed by atoms with Gasteiger partial charge >= 0.3 is 6.03 Å². The number of rotatable bonds is 3. The number of nitrogens with zero attached hydrogens (tertiary/aromatic N) is 4. The maximum Gasteiger partial charge on any atom is 0.322 e. The molecule has 0 radical (unpaired) electrons. The molecule has 1 fully saturated rings. The maximum atomic E-state index is 12.5. The molecule has 1 N–H and O–H groups in total. The van der Waals surface area contributed by atoms with Gasteiger partial charge in [0.15, 0.2) is 5.82 Å². The number of aryl methyl sites for hydroxylation is 2. The lowest BCUT2D eigenvalue weighted by Gasteiger charge is -2.40. The summed E-state index contributed by atoms with van der Waals surface area (Å²) in [7, 11) is 0. The van der Waals surface area contributed by atoms with Gasteiger partial charge in [0, 0.05) is 24.3 Å². The first-order valence-electron chi connectivity index (χ1n) is 8.70. The Bertz CT molecular complexity index is 908. The van der Waals surface area contributed by atoms with E-state index in [4.69, 9.17) is 0 Å². The number of urea groups is 1. The van der Waals surface area contributed by atoms with E-state index in [1.54, 1.807) is 6.33 Å². The highest BCUT2D eigenvalue weighted by atomic mass is 16.2. The highest BCUT2D eigenvalue weighted by Crippen LogP contribution is 2.28. The van der Waals surface area contributed by atoms with Crippen LogP contribution in [0.15, 0.2) is 54.9 Å². The zero-order chi connectivity index (χ0) is 18.1. The first kappa shape index (κ1) is 16.3. The van der Waals surface area contributed by atoms with E-state index >= 15 is 0 Å². The molecule has 1 saturated heterocycles. The Balaban J connectivity index is 1.44. The molecule has 26 heavy (non-hydrogen) atoms. The van der Waals surface area contributed by atoms with Gasteiger partial charge in [-0.15, -0.1) is 10.2 Å². The monoisotopic (exact) mass is 347 g/mol. The fourth-order valence-corrected chi connectivity index (χ4v) is 3.30. The Hall–Kier alpha value is -3.15. The Morgan fingerprint density at radius 1 is 1.04 bits per heavy atom. The molecule has 0 atom stereocenters.